The monoisotopic (exact) mass is 247 g/mol. The van der Waals surface area contributed by atoms with Crippen molar-refractivity contribution in [1.29, 1.82) is 0 Å². The van der Waals surface area contributed by atoms with E-state index in [0.717, 1.165) is 18.5 Å². The molecule has 0 aliphatic carbocycles. The lowest BCUT2D eigenvalue weighted by Crippen LogP contribution is -2.26. The van der Waals surface area contributed by atoms with Gasteiger partial charge in [-0.2, -0.15) is 0 Å². The van der Waals surface area contributed by atoms with Gasteiger partial charge in [0.2, 0.25) is 10.0 Å². The van der Waals surface area contributed by atoms with Gasteiger partial charge in [0, 0.05) is 18.8 Å². The summed E-state index contributed by atoms with van der Waals surface area (Å²) in [6, 6.07) is 0.896. The topological polar surface area (TPSA) is 122 Å². The average molecular weight is 247 g/mol. The summed E-state index contributed by atoms with van der Waals surface area (Å²) in [6.45, 7) is -0.521. The van der Waals surface area contributed by atoms with Gasteiger partial charge in [-0.15, -0.1) is 0 Å². The molecule has 0 aromatic carbocycles. The van der Waals surface area contributed by atoms with Gasteiger partial charge in [0.05, 0.1) is 11.5 Å². The molecule has 0 fully saturated rings. The Morgan fingerprint density at radius 1 is 1.50 bits per heavy atom. The van der Waals surface area contributed by atoms with Crippen LogP contribution >= 0.6 is 0 Å². The smallest absolute Gasteiger partial charge is 0.288 e. The fourth-order valence-corrected chi connectivity index (χ4v) is 1.92. The number of nitrogens with zero attached hydrogens (tertiary/aromatic N) is 2. The van der Waals surface area contributed by atoms with Crippen LogP contribution in [0.2, 0.25) is 0 Å². The lowest BCUT2D eigenvalue weighted by molar-refractivity contribution is -0.385. The minimum Gasteiger partial charge on any atom is -0.395 e. The Kier molecular flexibility index (Phi) is 3.88. The summed E-state index contributed by atoms with van der Waals surface area (Å²) in [7, 11) is -3.86. The van der Waals surface area contributed by atoms with Gasteiger partial charge in [0.25, 0.3) is 5.69 Å². The molecule has 0 amide bonds. The van der Waals surface area contributed by atoms with E-state index in [9.17, 15) is 18.5 Å². The lowest BCUT2D eigenvalue weighted by Gasteiger charge is -2.03. The molecule has 0 saturated heterocycles. The largest absolute Gasteiger partial charge is 0.395 e. The molecule has 1 heterocycles. The van der Waals surface area contributed by atoms with Crippen LogP contribution in [0.4, 0.5) is 5.69 Å². The third-order valence-electron chi connectivity index (χ3n) is 1.62. The number of nitro groups is 1. The fourth-order valence-electron chi connectivity index (χ4n) is 0.918. The summed E-state index contributed by atoms with van der Waals surface area (Å²) in [5.41, 5.74) is -0.410. The second-order valence-corrected chi connectivity index (χ2v) is 4.52. The van der Waals surface area contributed by atoms with E-state index in [1.54, 1.807) is 0 Å². The van der Waals surface area contributed by atoms with E-state index in [4.69, 9.17) is 5.11 Å². The van der Waals surface area contributed by atoms with Crippen LogP contribution in [0.1, 0.15) is 0 Å². The number of hydrogen-bond acceptors (Lipinski definition) is 6. The highest BCUT2D eigenvalue weighted by atomic mass is 32.2. The Labute approximate surface area is 91.1 Å². The summed E-state index contributed by atoms with van der Waals surface area (Å²) in [4.78, 5) is 12.8. The second kappa shape index (κ2) is 4.96. The van der Waals surface area contributed by atoms with E-state index in [1.807, 2.05) is 0 Å². The number of sulfonamides is 1. The van der Waals surface area contributed by atoms with Crippen molar-refractivity contribution in [3.05, 3.63) is 28.6 Å². The number of pyridine rings is 1. The first-order valence-corrected chi connectivity index (χ1v) is 5.65. The maximum Gasteiger partial charge on any atom is 0.288 e. The van der Waals surface area contributed by atoms with E-state index in [0.29, 0.717) is 0 Å². The minimum absolute atomic E-state index is 0.162. The van der Waals surface area contributed by atoms with Gasteiger partial charge in [-0.05, 0) is 0 Å². The quantitative estimate of drug-likeness (QED) is 0.522. The van der Waals surface area contributed by atoms with Gasteiger partial charge >= 0.3 is 0 Å². The first-order chi connectivity index (χ1) is 7.47. The van der Waals surface area contributed by atoms with Crippen LogP contribution < -0.4 is 4.72 Å². The van der Waals surface area contributed by atoms with Gasteiger partial charge in [-0.3, -0.25) is 15.1 Å². The lowest BCUT2D eigenvalue weighted by atomic mass is 10.4. The summed E-state index contributed by atoms with van der Waals surface area (Å²) >= 11 is 0. The van der Waals surface area contributed by atoms with Gasteiger partial charge in [0.1, 0.15) is 11.1 Å². The first kappa shape index (κ1) is 12.5. The Balaban J connectivity index is 3.04. The Hall–Kier alpha value is -1.58. The number of nitrogens with one attached hydrogen (secondary N) is 1. The van der Waals surface area contributed by atoms with Crippen LogP contribution in [0.25, 0.3) is 0 Å². The highest BCUT2D eigenvalue weighted by molar-refractivity contribution is 7.89. The van der Waals surface area contributed by atoms with Crippen molar-refractivity contribution < 1.29 is 18.4 Å². The Morgan fingerprint density at radius 3 is 2.75 bits per heavy atom. The molecule has 8 nitrogen and oxygen atoms in total. The molecule has 0 aliphatic heterocycles. The number of aliphatic hydroxyl groups is 1. The van der Waals surface area contributed by atoms with Crippen LogP contribution in [-0.2, 0) is 10.0 Å². The summed E-state index contributed by atoms with van der Waals surface area (Å²) in [5, 5.41) is 18.9. The Bertz CT molecular complexity index is 487. The van der Waals surface area contributed by atoms with Gasteiger partial charge in [0.15, 0.2) is 0 Å². The molecule has 0 saturated carbocycles. The van der Waals surface area contributed by atoms with Crippen LogP contribution in [0.3, 0.4) is 0 Å². The molecular weight excluding hydrogens is 238 g/mol. The standard InChI is InChI=1S/C7H9N3O5S/c11-2-1-9-16(14,15)7-3-6(10(12)13)4-8-5-7/h3-5,9,11H,1-2H2. The number of hydrogen-bond donors (Lipinski definition) is 2. The maximum absolute atomic E-state index is 11.5. The molecule has 88 valence electrons. The van der Waals surface area contributed by atoms with E-state index >= 15 is 0 Å². The zero-order valence-electron chi connectivity index (χ0n) is 8.03. The zero-order chi connectivity index (χ0) is 12.2. The molecule has 0 radical (unpaired) electrons. The molecule has 0 aliphatic rings. The molecular formula is C7H9N3O5S. The van der Waals surface area contributed by atoms with Gasteiger partial charge in [-0.1, -0.05) is 0 Å². The fraction of sp³-hybridized carbons (Fsp3) is 0.286. The normalized spacial score (nSPS) is 11.3. The van der Waals surface area contributed by atoms with Crippen molar-refractivity contribution in [3.8, 4) is 0 Å². The third-order valence-corrected chi connectivity index (χ3v) is 3.05. The van der Waals surface area contributed by atoms with Crippen LogP contribution in [0, 0.1) is 10.1 Å². The van der Waals surface area contributed by atoms with Gasteiger partial charge < -0.3 is 5.11 Å². The minimum atomic E-state index is -3.86. The van der Waals surface area contributed by atoms with E-state index in [1.165, 1.54) is 0 Å². The molecule has 9 heteroatoms. The van der Waals surface area contributed by atoms with Crippen LogP contribution in [0.5, 0.6) is 0 Å². The number of rotatable bonds is 5. The van der Waals surface area contributed by atoms with Crippen LogP contribution in [0.15, 0.2) is 23.4 Å². The number of aromatic nitrogens is 1. The van der Waals surface area contributed by atoms with Crippen molar-refractivity contribution in [2.24, 2.45) is 0 Å². The van der Waals surface area contributed by atoms with Crippen molar-refractivity contribution >= 4 is 15.7 Å². The van der Waals surface area contributed by atoms with Crippen molar-refractivity contribution in [2.45, 2.75) is 4.90 Å². The average Bonchev–Trinajstić information content (AvgIpc) is 2.26. The molecule has 16 heavy (non-hydrogen) atoms. The predicted molar refractivity (Wildman–Crippen MR) is 53.2 cm³/mol. The van der Waals surface area contributed by atoms with Crippen molar-refractivity contribution in [2.75, 3.05) is 13.2 Å². The summed E-state index contributed by atoms with van der Waals surface area (Å²) < 4.78 is 25.0. The molecule has 0 spiro atoms. The highest BCUT2D eigenvalue weighted by Gasteiger charge is 2.17. The van der Waals surface area contributed by atoms with Crippen molar-refractivity contribution in [3.63, 3.8) is 0 Å². The molecule has 2 N–H and O–H groups in total. The first-order valence-electron chi connectivity index (χ1n) is 4.17. The SMILES string of the molecule is O=[N+]([O-])c1cncc(S(=O)(=O)NCCO)c1. The van der Waals surface area contributed by atoms with E-state index in [2.05, 4.69) is 9.71 Å². The predicted octanol–water partition coefficient (Wildman–Crippen LogP) is -0.740. The third kappa shape index (κ3) is 2.95. The molecule has 0 atom stereocenters. The van der Waals surface area contributed by atoms with Gasteiger partial charge in [-0.25, -0.2) is 13.1 Å². The molecule has 1 aromatic rings. The van der Waals surface area contributed by atoms with E-state index < -0.39 is 20.6 Å². The van der Waals surface area contributed by atoms with Crippen molar-refractivity contribution in [1.82, 2.24) is 9.71 Å². The molecule has 1 rings (SSSR count). The number of aliphatic hydroxyl groups excluding tert-OH is 1. The molecule has 0 bridgehead atoms. The van der Waals surface area contributed by atoms with E-state index in [-0.39, 0.29) is 18.0 Å². The molecule has 1 aromatic heterocycles. The molecule has 0 unspecified atom stereocenters. The van der Waals surface area contributed by atoms with Crippen LogP contribution in [-0.4, -0.2) is 36.6 Å². The highest BCUT2D eigenvalue weighted by Crippen LogP contribution is 2.14. The summed E-state index contributed by atoms with van der Waals surface area (Å²) in [5.74, 6) is 0. The second-order valence-electron chi connectivity index (χ2n) is 2.76. The maximum atomic E-state index is 11.5. The summed E-state index contributed by atoms with van der Waals surface area (Å²) in [6.07, 6.45) is 1.94. The Morgan fingerprint density at radius 2 is 2.19 bits per heavy atom. The zero-order valence-corrected chi connectivity index (χ0v) is 8.85.